The van der Waals surface area contributed by atoms with Gasteiger partial charge in [0.2, 0.25) is 0 Å². The molecule has 0 radical (unpaired) electrons. The second-order valence-electron chi connectivity index (χ2n) is 11.5. The summed E-state index contributed by atoms with van der Waals surface area (Å²) in [6.45, 7) is 0.197. The fourth-order valence-corrected chi connectivity index (χ4v) is 6.79. The molecule has 2 saturated heterocycles. The van der Waals surface area contributed by atoms with Gasteiger partial charge in [-0.05, 0) is 68.9 Å². The summed E-state index contributed by atoms with van der Waals surface area (Å²) in [5.74, 6) is -0.388. The van der Waals surface area contributed by atoms with Crippen molar-refractivity contribution in [2.45, 2.75) is 75.6 Å². The van der Waals surface area contributed by atoms with Crippen LogP contribution >= 0.6 is 0 Å². The summed E-state index contributed by atoms with van der Waals surface area (Å²) < 4.78 is 57.5. The van der Waals surface area contributed by atoms with Crippen molar-refractivity contribution in [3.05, 3.63) is 65.5 Å². The number of aromatic nitrogens is 2. The molecule has 0 spiro atoms. The standard InChI is InChI=1S/C31H30F3N3O5/c1-36-25-15-21(9-8-18(25)12-26(36)30(38)39)37-19-10-11-20(37)14-22(13-19)40-16-24-28(35-42-29(24)17-6-7-17)23-4-2-3-5-27(23)41-31(32,33)34/h2-5,8-9,12,15,17,19-20,22H,6-7,10-11,13-14,16H2,1H3,(H,38,39)/t19-,20+,22?. The van der Waals surface area contributed by atoms with E-state index in [2.05, 4.69) is 26.9 Å². The zero-order chi connectivity index (χ0) is 29.2. The number of benzene rings is 2. The number of hydrogen-bond acceptors (Lipinski definition) is 6. The Labute approximate surface area is 239 Å². The molecule has 8 nitrogen and oxygen atoms in total. The van der Waals surface area contributed by atoms with Gasteiger partial charge in [0.15, 0.2) is 0 Å². The summed E-state index contributed by atoms with van der Waals surface area (Å²) in [4.78, 5) is 14.0. The summed E-state index contributed by atoms with van der Waals surface area (Å²) in [7, 11) is 1.77. The molecule has 3 fully saturated rings. The minimum absolute atomic E-state index is 0.0207. The van der Waals surface area contributed by atoms with Gasteiger partial charge in [0.1, 0.15) is 22.9 Å². The summed E-state index contributed by atoms with van der Waals surface area (Å²) >= 11 is 0. The van der Waals surface area contributed by atoms with Crippen LogP contribution < -0.4 is 9.64 Å². The number of carboxylic acid groups (broad SMARTS) is 1. The van der Waals surface area contributed by atoms with E-state index in [1.807, 2.05) is 6.07 Å². The zero-order valence-corrected chi connectivity index (χ0v) is 22.9. The van der Waals surface area contributed by atoms with E-state index in [-0.39, 0.29) is 47.7 Å². The second kappa shape index (κ2) is 10.1. The minimum atomic E-state index is -4.83. The van der Waals surface area contributed by atoms with E-state index >= 15 is 0 Å². The van der Waals surface area contributed by atoms with Crippen molar-refractivity contribution in [1.82, 2.24) is 9.72 Å². The lowest BCUT2D eigenvalue weighted by Gasteiger charge is -2.40. The third-order valence-electron chi connectivity index (χ3n) is 8.83. The molecule has 220 valence electrons. The maximum atomic E-state index is 13.1. The van der Waals surface area contributed by atoms with E-state index in [1.54, 1.807) is 29.8 Å². The van der Waals surface area contributed by atoms with Crippen LogP contribution in [0.15, 0.2) is 53.1 Å². The molecule has 0 amide bonds. The predicted octanol–water partition coefficient (Wildman–Crippen LogP) is 7.02. The minimum Gasteiger partial charge on any atom is -0.477 e. The topological polar surface area (TPSA) is 90.0 Å². The Morgan fingerprint density at radius 3 is 2.50 bits per heavy atom. The smallest absolute Gasteiger partial charge is 0.477 e. The number of ether oxygens (including phenoxy) is 2. The average molecular weight is 582 g/mol. The summed E-state index contributed by atoms with van der Waals surface area (Å²) in [5.41, 5.74) is 3.45. The van der Waals surface area contributed by atoms with E-state index in [0.29, 0.717) is 17.0 Å². The van der Waals surface area contributed by atoms with E-state index in [0.717, 1.165) is 55.1 Å². The number of aromatic carboxylic acids is 1. The van der Waals surface area contributed by atoms with Gasteiger partial charge in [-0.3, -0.25) is 0 Å². The van der Waals surface area contributed by atoms with Crippen LogP contribution in [0.1, 0.15) is 66.3 Å². The summed E-state index contributed by atoms with van der Waals surface area (Å²) in [5, 5.41) is 14.6. The third kappa shape index (κ3) is 4.89. The van der Waals surface area contributed by atoms with E-state index < -0.39 is 12.3 Å². The van der Waals surface area contributed by atoms with E-state index in [4.69, 9.17) is 9.26 Å². The molecule has 2 aromatic heterocycles. The molecule has 3 atom stereocenters. The first-order valence-electron chi connectivity index (χ1n) is 14.2. The second-order valence-corrected chi connectivity index (χ2v) is 11.5. The zero-order valence-electron chi connectivity index (χ0n) is 22.9. The van der Waals surface area contributed by atoms with Gasteiger partial charge < -0.3 is 28.6 Å². The highest BCUT2D eigenvalue weighted by Gasteiger charge is 2.42. The molecule has 1 unspecified atom stereocenters. The quantitative estimate of drug-likeness (QED) is 0.239. The Morgan fingerprint density at radius 1 is 1.07 bits per heavy atom. The number of halogens is 3. The van der Waals surface area contributed by atoms with Gasteiger partial charge in [0, 0.05) is 47.2 Å². The van der Waals surface area contributed by atoms with Crippen molar-refractivity contribution < 1.29 is 37.1 Å². The first kappa shape index (κ1) is 26.9. The van der Waals surface area contributed by atoms with E-state index in [1.165, 1.54) is 12.1 Å². The number of fused-ring (bicyclic) bond motifs is 3. The van der Waals surface area contributed by atoms with Gasteiger partial charge in [0.25, 0.3) is 0 Å². The van der Waals surface area contributed by atoms with Crippen LogP contribution in [0, 0.1) is 0 Å². The Hall–Kier alpha value is -3.99. The number of carboxylic acids is 1. The maximum absolute atomic E-state index is 13.1. The maximum Gasteiger partial charge on any atom is 0.573 e. The van der Waals surface area contributed by atoms with Crippen molar-refractivity contribution in [3.8, 4) is 17.0 Å². The summed E-state index contributed by atoms with van der Waals surface area (Å²) in [6, 6.07) is 14.3. The highest BCUT2D eigenvalue weighted by molar-refractivity contribution is 5.95. The molecule has 7 rings (SSSR count). The lowest BCUT2D eigenvalue weighted by molar-refractivity contribution is -0.274. The molecule has 1 aliphatic carbocycles. The SMILES string of the molecule is Cn1c(C(=O)O)cc2ccc(N3[C@@H]4CC[C@H]3CC(OCc3c(-c5ccccc5OC(F)(F)F)noc3C3CC3)C4)cc21. The van der Waals surface area contributed by atoms with Crippen LogP contribution in [0.5, 0.6) is 5.75 Å². The lowest BCUT2D eigenvalue weighted by atomic mass is 9.98. The number of piperidine rings is 1. The Kier molecular flexibility index (Phi) is 6.45. The Balaban J connectivity index is 1.10. The molecule has 2 aliphatic heterocycles. The number of alkyl halides is 3. The van der Waals surface area contributed by atoms with Crippen molar-refractivity contribution in [2.75, 3.05) is 4.90 Å². The monoisotopic (exact) mass is 581 g/mol. The van der Waals surface area contributed by atoms with E-state index in [9.17, 15) is 23.1 Å². The van der Waals surface area contributed by atoms with Gasteiger partial charge in [-0.1, -0.05) is 23.4 Å². The number of carbonyl (C=O) groups is 1. The molecular weight excluding hydrogens is 551 g/mol. The molecule has 2 aromatic carbocycles. The number of nitrogens with zero attached hydrogens (tertiary/aromatic N) is 3. The molecule has 3 aliphatic rings. The molecule has 1 N–H and O–H groups in total. The van der Waals surface area contributed by atoms with Gasteiger partial charge >= 0.3 is 12.3 Å². The third-order valence-corrected chi connectivity index (χ3v) is 8.83. The molecule has 42 heavy (non-hydrogen) atoms. The lowest BCUT2D eigenvalue weighted by Crippen LogP contribution is -2.45. The average Bonchev–Trinajstić information content (AvgIpc) is 3.54. The van der Waals surface area contributed by atoms with Crippen molar-refractivity contribution in [2.24, 2.45) is 7.05 Å². The molecule has 2 bridgehead atoms. The largest absolute Gasteiger partial charge is 0.573 e. The summed E-state index contributed by atoms with van der Waals surface area (Å²) in [6.07, 6.45) is 0.743. The van der Waals surface area contributed by atoms with Crippen molar-refractivity contribution in [1.29, 1.82) is 0 Å². The fraction of sp³-hybridized carbons (Fsp3) is 0.419. The van der Waals surface area contributed by atoms with Crippen LogP contribution in [0.2, 0.25) is 0 Å². The molecular formula is C31H30F3N3O5. The van der Waals surface area contributed by atoms with Crippen LogP contribution in [0.4, 0.5) is 18.9 Å². The number of aryl methyl sites for hydroxylation is 1. The number of para-hydroxylation sites is 1. The van der Waals surface area contributed by atoms with Gasteiger partial charge in [-0.15, -0.1) is 13.2 Å². The normalized spacial score (nSPS) is 22.2. The van der Waals surface area contributed by atoms with Crippen molar-refractivity contribution in [3.63, 3.8) is 0 Å². The Morgan fingerprint density at radius 2 is 1.81 bits per heavy atom. The highest BCUT2D eigenvalue weighted by atomic mass is 19.4. The molecule has 4 heterocycles. The van der Waals surface area contributed by atoms with Gasteiger partial charge in [-0.25, -0.2) is 4.79 Å². The first-order valence-corrected chi connectivity index (χ1v) is 14.2. The Bertz CT molecular complexity index is 1640. The number of hydrogen-bond donors (Lipinski definition) is 1. The fourth-order valence-electron chi connectivity index (χ4n) is 6.79. The van der Waals surface area contributed by atoms with Crippen molar-refractivity contribution >= 4 is 22.6 Å². The molecule has 1 saturated carbocycles. The predicted molar refractivity (Wildman–Crippen MR) is 148 cm³/mol. The van der Waals surface area contributed by atoms with Crippen LogP contribution in [-0.4, -0.2) is 45.3 Å². The van der Waals surface area contributed by atoms with Gasteiger partial charge in [-0.2, -0.15) is 0 Å². The highest BCUT2D eigenvalue weighted by Crippen LogP contribution is 2.46. The van der Waals surface area contributed by atoms with Crippen LogP contribution in [0.3, 0.4) is 0 Å². The first-order chi connectivity index (χ1) is 20.2. The van der Waals surface area contributed by atoms with Crippen LogP contribution in [0.25, 0.3) is 22.2 Å². The number of rotatable bonds is 8. The van der Waals surface area contributed by atoms with Crippen LogP contribution in [-0.2, 0) is 18.4 Å². The molecule has 11 heteroatoms. The molecule has 4 aromatic rings. The number of anilines is 1. The van der Waals surface area contributed by atoms with Gasteiger partial charge in [0.05, 0.1) is 18.2 Å².